The number of amides is 1. The van der Waals surface area contributed by atoms with Crippen molar-refractivity contribution in [1.82, 2.24) is 5.32 Å². The van der Waals surface area contributed by atoms with Crippen LogP contribution < -0.4 is 5.32 Å². The first kappa shape index (κ1) is 12.5. The molecule has 0 aliphatic carbocycles. The molecule has 15 heavy (non-hydrogen) atoms. The lowest BCUT2D eigenvalue weighted by Crippen LogP contribution is -2.28. The monoisotopic (exact) mass is 289 g/mol. The van der Waals surface area contributed by atoms with E-state index in [2.05, 4.69) is 28.2 Å². The van der Waals surface area contributed by atoms with Crippen LogP contribution in [0.1, 0.15) is 17.3 Å². The third-order valence-electron chi connectivity index (χ3n) is 1.98. The van der Waals surface area contributed by atoms with Crippen molar-refractivity contribution in [3.8, 4) is 0 Å². The van der Waals surface area contributed by atoms with Gasteiger partial charge in [0.15, 0.2) is 0 Å². The average molecular weight is 291 g/mol. The van der Waals surface area contributed by atoms with Gasteiger partial charge in [-0.05, 0) is 30.2 Å². The van der Waals surface area contributed by atoms with E-state index in [9.17, 15) is 4.79 Å². The highest BCUT2D eigenvalue weighted by Crippen LogP contribution is 2.09. The Balaban J connectivity index is 2.50. The van der Waals surface area contributed by atoms with Gasteiger partial charge in [-0.3, -0.25) is 4.79 Å². The molecule has 82 valence electrons. The van der Waals surface area contributed by atoms with E-state index in [0.29, 0.717) is 23.0 Å². The second kappa shape index (κ2) is 6.13. The average Bonchev–Trinajstić information content (AvgIpc) is 2.26. The van der Waals surface area contributed by atoms with E-state index in [0.717, 1.165) is 5.33 Å². The van der Waals surface area contributed by atoms with Gasteiger partial charge < -0.3 is 5.32 Å². The molecule has 1 atom stereocenters. The third-order valence-corrected chi connectivity index (χ3v) is 3.34. The molecule has 0 aromatic heterocycles. The lowest BCUT2D eigenvalue weighted by Gasteiger charge is -2.09. The molecular formula is C11H13BrClNO. The minimum atomic E-state index is -0.0560. The molecule has 1 aromatic rings. The molecule has 0 saturated carbocycles. The molecule has 1 amide bonds. The van der Waals surface area contributed by atoms with Crippen molar-refractivity contribution in [3.05, 3.63) is 34.9 Å². The summed E-state index contributed by atoms with van der Waals surface area (Å²) in [5, 5.41) is 4.38. The number of carbonyl (C=O) groups excluding carboxylic acids is 1. The molecule has 1 rings (SSSR count). The first-order valence-electron chi connectivity index (χ1n) is 4.73. The van der Waals surface area contributed by atoms with Crippen LogP contribution in [-0.4, -0.2) is 17.8 Å². The van der Waals surface area contributed by atoms with Crippen LogP contribution in [0.3, 0.4) is 0 Å². The lowest BCUT2D eigenvalue weighted by molar-refractivity contribution is 0.0949. The first-order valence-corrected chi connectivity index (χ1v) is 6.23. The Kier molecular flexibility index (Phi) is 5.12. The summed E-state index contributed by atoms with van der Waals surface area (Å²) < 4.78 is 0. The van der Waals surface area contributed by atoms with E-state index < -0.39 is 0 Å². The highest BCUT2D eigenvalue weighted by molar-refractivity contribution is 9.09. The highest BCUT2D eigenvalue weighted by Gasteiger charge is 2.06. The van der Waals surface area contributed by atoms with Gasteiger partial charge in [-0.1, -0.05) is 34.5 Å². The highest BCUT2D eigenvalue weighted by atomic mass is 79.9. The normalized spacial score (nSPS) is 12.2. The van der Waals surface area contributed by atoms with Crippen molar-refractivity contribution in [2.45, 2.75) is 6.92 Å². The van der Waals surface area contributed by atoms with Crippen molar-refractivity contribution in [3.63, 3.8) is 0 Å². The molecule has 0 heterocycles. The zero-order chi connectivity index (χ0) is 11.3. The molecule has 1 N–H and O–H groups in total. The van der Waals surface area contributed by atoms with Crippen LogP contribution in [0.5, 0.6) is 0 Å². The van der Waals surface area contributed by atoms with E-state index in [1.54, 1.807) is 24.3 Å². The molecule has 0 aliphatic heterocycles. The zero-order valence-electron chi connectivity index (χ0n) is 8.47. The summed E-state index contributed by atoms with van der Waals surface area (Å²) in [5.41, 5.74) is 0.640. The molecule has 1 unspecified atom stereocenters. The molecular weight excluding hydrogens is 277 g/mol. The van der Waals surface area contributed by atoms with Crippen molar-refractivity contribution < 1.29 is 4.79 Å². The van der Waals surface area contributed by atoms with Crippen LogP contribution in [0, 0.1) is 5.92 Å². The number of benzene rings is 1. The summed E-state index contributed by atoms with van der Waals surface area (Å²) in [5.74, 6) is 0.376. The molecule has 0 aliphatic rings. The maximum atomic E-state index is 11.6. The SMILES string of the molecule is CC(CBr)CNC(=O)c1ccc(Cl)cc1. The van der Waals surface area contributed by atoms with Gasteiger partial charge in [0.2, 0.25) is 0 Å². The molecule has 2 nitrogen and oxygen atoms in total. The lowest BCUT2D eigenvalue weighted by atomic mass is 10.2. The fraction of sp³-hybridized carbons (Fsp3) is 0.364. The van der Waals surface area contributed by atoms with Gasteiger partial charge >= 0.3 is 0 Å². The summed E-state index contributed by atoms with van der Waals surface area (Å²) in [6.45, 7) is 2.74. The van der Waals surface area contributed by atoms with Crippen molar-refractivity contribution in [2.75, 3.05) is 11.9 Å². The molecule has 4 heteroatoms. The van der Waals surface area contributed by atoms with E-state index >= 15 is 0 Å². The fourth-order valence-corrected chi connectivity index (χ4v) is 1.38. The second-order valence-corrected chi connectivity index (χ2v) is 4.56. The van der Waals surface area contributed by atoms with Gasteiger partial charge in [-0.2, -0.15) is 0 Å². The van der Waals surface area contributed by atoms with E-state index in [1.165, 1.54) is 0 Å². The molecule has 0 saturated heterocycles. The van der Waals surface area contributed by atoms with E-state index in [4.69, 9.17) is 11.6 Å². The summed E-state index contributed by atoms with van der Waals surface area (Å²) >= 11 is 9.09. The van der Waals surface area contributed by atoms with Crippen LogP contribution >= 0.6 is 27.5 Å². The maximum absolute atomic E-state index is 11.6. The van der Waals surface area contributed by atoms with Gasteiger partial charge in [0.1, 0.15) is 0 Å². The van der Waals surface area contributed by atoms with E-state index in [1.807, 2.05) is 0 Å². The fourth-order valence-electron chi connectivity index (χ4n) is 1.02. The van der Waals surface area contributed by atoms with Crippen molar-refractivity contribution in [1.29, 1.82) is 0 Å². The van der Waals surface area contributed by atoms with Crippen LogP contribution in [-0.2, 0) is 0 Å². The van der Waals surface area contributed by atoms with Crippen LogP contribution in [0.2, 0.25) is 5.02 Å². The standard InChI is InChI=1S/C11H13BrClNO/c1-8(6-12)7-14-11(15)9-2-4-10(13)5-3-9/h2-5,8H,6-7H2,1H3,(H,14,15). The van der Waals surface area contributed by atoms with Crippen molar-refractivity contribution in [2.24, 2.45) is 5.92 Å². The minimum Gasteiger partial charge on any atom is -0.352 e. The number of nitrogens with one attached hydrogen (secondary N) is 1. The van der Waals surface area contributed by atoms with Gasteiger partial charge in [0.05, 0.1) is 0 Å². The summed E-state index contributed by atoms with van der Waals surface area (Å²) in [7, 11) is 0. The Bertz CT molecular complexity index is 326. The molecule has 0 spiro atoms. The van der Waals surface area contributed by atoms with Crippen LogP contribution in [0.15, 0.2) is 24.3 Å². The Morgan fingerprint density at radius 3 is 2.60 bits per heavy atom. The number of carbonyl (C=O) groups is 1. The Morgan fingerprint density at radius 2 is 2.07 bits per heavy atom. The number of alkyl halides is 1. The smallest absolute Gasteiger partial charge is 0.251 e. The number of hydrogen-bond donors (Lipinski definition) is 1. The second-order valence-electron chi connectivity index (χ2n) is 3.48. The Hall–Kier alpha value is -0.540. The summed E-state index contributed by atoms with van der Waals surface area (Å²) in [6, 6.07) is 6.86. The first-order chi connectivity index (χ1) is 7.13. The quantitative estimate of drug-likeness (QED) is 0.848. The third kappa shape index (κ3) is 4.22. The number of hydrogen-bond acceptors (Lipinski definition) is 1. The topological polar surface area (TPSA) is 29.1 Å². The van der Waals surface area contributed by atoms with E-state index in [-0.39, 0.29) is 5.91 Å². The predicted octanol–water partition coefficient (Wildman–Crippen LogP) is 3.10. The predicted molar refractivity (Wildman–Crippen MR) is 66.7 cm³/mol. The molecule has 1 aromatic carbocycles. The Morgan fingerprint density at radius 1 is 1.47 bits per heavy atom. The zero-order valence-corrected chi connectivity index (χ0v) is 10.8. The number of halogens is 2. The van der Waals surface area contributed by atoms with Crippen LogP contribution in [0.4, 0.5) is 0 Å². The summed E-state index contributed by atoms with van der Waals surface area (Å²) in [4.78, 5) is 11.6. The van der Waals surface area contributed by atoms with Crippen molar-refractivity contribution >= 4 is 33.4 Å². The largest absolute Gasteiger partial charge is 0.352 e. The molecule has 0 bridgehead atoms. The minimum absolute atomic E-state index is 0.0560. The Labute approximate surface area is 103 Å². The molecule has 0 radical (unpaired) electrons. The summed E-state index contributed by atoms with van der Waals surface area (Å²) in [6.07, 6.45) is 0. The van der Waals surface area contributed by atoms with Gasteiger partial charge in [0, 0.05) is 22.5 Å². The maximum Gasteiger partial charge on any atom is 0.251 e. The van der Waals surface area contributed by atoms with Crippen LogP contribution in [0.25, 0.3) is 0 Å². The molecule has 0 fully saturated rings. The van der Waals surface area contributed by atoms with Gasteiger partial charge in [-0.25, -0.2) is 0 Å². The van der Waals surface area contributed by atoms with Gasteiger partial charge in [0.25, 0.3) is 5.91 Å². The number of rotatable bonds is 4. The van der Waals surface area contributed by atoms with Gasteiger partial charge in [-0.15, -0.1) is 0 Å².